The van der Waals surface area contributed by atoms with Crippen molar-refractivity contribution in [3.05, 3.63) is 0 Å². The molecule has 1 rings (SSSR count). The minimum atomic E-state index is -6.03. The zero-order valence-electron chi connectivity index (χ0n) is 11.3. The molecule has 1 aliphatic heterocycles. The van der Waals surface area contributed by atoms with Crippen molar-refractivity contribution in [1.82, 2.24) is 0 Å². The molecule has 15 heteroatoms. The maximum atomic E-state index is 11.3. The Labute approximate surface area is 125 Å². The minimum Gasteiger partial charge on any atom is -0.790 e. The quantitative estimate of drug-likeness (QED) is 0.463. The van der Waals surface area contributed by atoms with Crippen molar-refractivity contribution >= 4 is 23.5 Å². The first-order chi connectivity index (χ1) is 9.64. The molecule has 132 valence electrons. The lowest BCUT2D eigenvalue weighted by Crippen LogP contribution is -2.41. The SMILES string of the molecule is C[C@H]1CC(O)[C@@](C)(COP(=O)([O-])OP(=O)([O-])OP(=O)([O-])[O-])O1. The van der Waals surface area contributed by atoms with Gasteiger partial charge in [-0.1, -0.05) is 0 Å². The van der Waals surface area contributed by atoms with E-state index < -0.39 is 47.9 Å². The number of ether oxygens (including phenoxy) is 1. The Kier molecular flexibility index (Phi) is 6.19. The second-order valence-corrected chi connectivity index (χ2v) is 9.02. The highest BCUT2D eigenvalue weighted by atomic mass is 31.3. The lowest BCUT2D eigenvalue weighted by molar-refractivity contribution is -0.339. The van der Waals surface area contributed by atoms with Gasteiger partial charge in [-0.2, -0.15) is 0 Å². The molecule has 1 heterocycles. The van der Waals surface area contributed by atoms with Crippen molar-refractivity contribution < 1.29 is 56.3 Å². The van der Waals surface area contributed by atoms with E-state index in [0.717, 1.165) is 0 Å². The van der Waals surface area contributed by atoms with E-state index >= 15 is 0 Å². The predicted molar refractivity (Wildman–Crippen MR) is 60.5 cm³/mol. The van der Waals surface area contributed by atoms with Crippen molar-refractivity contribution in [2.24, 2.45) is 0 Å². The van der Waals surface area contributed by atoms with E-state index in [1.807, 2.05) is 0 Å². The Bertz CT molecular complexity index is 543. The molecule has 0 spiro atoms. The summed E-state index contributed by atoms with van der Waals surface area (Å²) in [5.74, 6) is 0. The van der Waals surface area contributed by atoms with E-state index in [1.165, 1.54) is 6.92 Å². The first-order valence-electron chi connectivity index (χ1n) is 5.71. The number of hydrogen-bond acceptors (Lipinski definition) is 12. The summed E-state index contributed by atoms with van der Waals surface area (Å²) in [6, 6.07) is 0. The van der Waals surface area contributed by atoms with E-state index in [-0.39, 0.29) is 6.42 Å². The van der Waals surface area contributed by atoms with Crippen molar-refractivity contribution in [3.63, 3.8) is 0 Å². The van der Waals surface area contributed by atoms with Gasteiger partial charge in [0.25, 0.3) is 15.6 Å². The molecule has 12 nitrogen and oxygen atoms in total. The van der Waals surface area contributed by atoms with Gasteiger partial charge in [-0.3, -0.25) is 13.4 Å². The summed E-state index contributed by atoms with van der Waals surface area (Å²) >= 11 is 0. The van der Waals surface area contributed by atoms with Crippen LogP contribution in [0.2, 0.25) is 0 Å². The topological polar surface area (TPSA) is 201 Å². The Balaban J connectivity index is 2.67. The number of hydrogen-bond donors (Lipinski definition) is 1. The van der Waals surface area contributed by atoms with E-state index in [2.05, 4.69) is 13.1 Å². The lowest BCUT2D eigenvalue weighted by atomic mass is 10.0. The summed E-state index contributed by atoms with van der Waals surface area (Å²) in [6.45, 7) is 2.13. The van der Waals surface area contributed by atoms with Crippen LogP contribution in [0.1, 0.15) is 20.3 Å². The average Bonchev–Trinajstić information content (AvgIpc) is 2.45. The van der Waals surface area contributed by atoms with Gasteiger partial charge in [-0.25, -0.2) is 4.31 Å². The van der Waals surface area contributed by atoms with Crippen LogP contribution in [0.4, 0.5) is 0 Å². The minimum absolute atomic E-state index is 0.197. The van der Waals surface area contributed by atoms with Gasteiger partial charge in [0, 0.05) is 6.42 Å². The molecule has 3 unspecified atom stereocenters. The van der Waals surface area contributed by atoms with Gasteiger partial charge in [0.2, 0.25) is 0 Å². The zero-order valence-corrected chi connectivity index (χ0v) is 14.0. The van der Waals surface area contributed by atoms with Crippen LogP contribution in [0, 0.1) is 0 Å². The third-order valence-corrected chi connectivity index (χ3v) is 6.29. The first-order valence-corrected chi connectivity index (χ1v) is 10.1. The van der Waals surface area contributed by atoms with Crippen LogP contribution in [0.25, 0.3) is 0 Å². The summed E-state index contributed by atoms with van der Waals surface area (Å²) < 4.78 is 48.3. The fraction of sp³-hybridized carbons (Fsp3) is 1.00. The van der Waals surface area contributed by atoms with Crippen molar-refractivity contribution in [3.8, 4) is 0 Å². The lowest BCUT2D eigenvalue weighted by Gasteiger charge is -2.38. The number of aliphatic hydroxyl groups excluding tert-OH is 1. The van der Waals surface area contributed by atoms with Gasteiger partial charge in [0.05, 0.1) is 26.6 Å². The van der Waals surface area contributed by atoms with Gasteiger partial charge in [0.1, 0.15) is 5.60 Å². The van der Waals surface area contributed by atoms with Crippen molar-refractivity contribution in [2.75, 3.05) is 6.61 Å². The summed E-state index contributed by atoms with van der Waals surface area (Å²) in [4.78, 5) is 42.5. The molecule has 1 saturated heterocycles. The van der Waals surface area contributed by atoms with Crippen LogP contribution in [0.15, 0.2) is 0 Å². The van der Waals surface area contributed by atoms with Gasteiger partial charge in [0.15, 0.2) is 0 Å². The maximum Gasteiger partial charge on any atom is 0.278 e. The molecule has 0 bridgehead atoms. The molecule has 1 N–H and O–H groups in total. The fourth-order valence-electron chi connectivity index (χ4n) is 1.77. The molecule has 1 fully saturated rings. The molecule has 0 amide bonds. The van der Waals surface area contributed by atoms with Crippen LogP contribution in [0.5, 0.6) is 0 Å². The van der Waals surface area contributed by atoms with Gasteiger partial charge >= 0.3 is 0 Å². The van der Waals surface area contributed by atoms with E-state index in [9.17, 15) is 38.4 Å². The Morgan fingerprint density at radius 1 is 1.18 bits per heavy atom. The maximum absolute atomic E-state index is 11.3. The Morgan fingerprint density at radius 3 is 2.14 bits per heavy atom. The molecule has 0 aromatic carbocycles. The van der Waals surface area contributed by atoms with Crippen molar-refractivity contribution in [2.45, 2.75) is 38.1 Å². The van der Waals surface area contributed by atoms with Crippen LogP contribution >= 0.6 is 23.5 Å². The summed E-state index contributed by atoms with van der Waals surface area (Å²) in [6.07, 6.45) is -1.28. The molecule has 0 aliphatic carbocycles. The molecule has 22 heavy (non-hydrogen) atoms. The van der Waals surface area contributed by atoms with Gasteiger partial charge < -0.3 is 38.5 Å². The number of phosphoric acid groups is 3. The van der Waals surface area contributed by atoms with Crippen molar-refractivity contribution in [1.29, 1.82) is 0 Å². The van der Waals surface area contributed by atoms with Crippen LogP contribution < -0.4 is 19.6 Å². The highest BCUT2D eigenvalue weighted by Crippen LogP contribution is 2.60. The molecular formula is C7H13O12P3-4. The molecule has 0 radical (unpaired) electrons. The molecule has 0 saturated carbocycles. The van der Waals surface area contributed by atoms with E-state index in [1.54, 1.807) is 6.92 Å². The van der Waals surface area contributed by atoms with Gasteiger partial charge in [-0.15, -0.1) is 0 Å². The smallest absolute Gasteiger partial charge is 0.278 e. The monoisotopic (exact) mass is 382 g/mol. The number of aliphatic hydroxyl groups is 1. The highest BCUT2D eigenvalue weighted by molar-refractivity contribution is 7.64. The summed E-state index contributed by atoms with van der Waals surface area (Å²) in [5, 5.41) is 9.70. The fourth-order valence-corrected chi connectivity index (χ4v) is 4.72. The third-order valence-electron chi connectivity index (χ3n) is 2.64. The second-order valence-electron chi connectivity index (χ2n) is 4.77. The van der Waals surface area contributed by atoms with Crippen LogP contribution in [-0.2, 0) is 31.6 Å². The molecular weight excluding hydrogens is 369 g/mol. The van der Waals surface area contributed by atoms with Crippen LogP contribution in [0.3, 0.4) is 0 Å². The first kappa shape index (κ1) is 20.4. The normalized spacial score (nSPS) is 35.0. The average molecular weight is 382 g/mol. The molecule has 0 aromatic heterocycles. The standard InChI is InChI=1S/C7H17O12P3/c1-5-3-6(8)7(2,17-5)4-16-21(12,13)19-22(14,15)18-20(9,10)11/h5-6,8H,3-4H2,1-2H3,(H,12,13)(H,14,15)(H2,9,10,11)/p-4/t5-,6?,7+/m0/s1. The number of phosphoric ester groups is 1. The summed E-state index contributed by atoms with van der Waals surface area (Å²) in [7, 11) is -17.6. The van der Waals surface area contributed by atoms with E-state index in [0.29, 0.717) is 0 Å². The van der Waals surface area contributed by atoms with Gasteiger partial charge in [-0.05, 0) is 13.8 Å². The Morgan fingerprint density at radius 2 is 1.73 bits per heavy atom. The predicted octanol–water partition coefficient (Wildman–Crippen LogP) is -2.27. The van der Waals surface area contributed by atoms with E-state index in [4.69, 9.17) is 4.74 Å². The van der Waals surface area contributed by atoms with Crippen LogP contribution in [-0.4, -0.2) is 29.5 Å². The largest absolute Gasteiger partial charge is 0.790 e. The summed E-state index contributed by atoms with van der Waals surface area (Å²) in [5.41, 5.74) is -1.44. The Hall–Kier alpha value is 0.330. The highest BCUT2D eigenvalue weighted by Gasteiger charge is 2.44. The zero-order chi connectivity index (χ0) is 17.4. The number of rotatable bonds is 7. The molecule has 0 aromatic rings. The molecule has 5 atom stereocenters. The second kappa shape index (κ2) is 6.68. The third kappa shape index (κ3) is 6.45. The molecule has 1 aliphatic rings.